The molecular formula is C18H29NO. The molecule has 0 atom stereocenters. The molecule has 0 radical (unpaired) electrons. The van der Waals surface area contributed by atoms with Gasteiger partial charge in [0.05, 0.1) is 6.61 Å². The fourth-order valence-corrected chi connectivity index (χ4v) is 3.07. The van der Waals surface area contributed by atoms with Crippen LogP contribution < -0.4 is 5.32 Å². The number of nitrogens with one attached hydrogen (secondary N) is 1. The van der Waals surface area contributed by atoms with Crippen LogP contribution >= 0.6 is 0 Å². The van der Waals surface area contributed by atoms with E-state index in [0.717, 1.165) is 25.1 Å². The molecule has 0 bridgehead atoms. The molecular weight excluding hydrogens is 246 g/mol. The van der Waals surface area contributed by atoms with Gasteiger partial charge in [0, 0.05) is 17.6 Å². The van der Waals surface area contributed by atoms with E-state index in [0.29, 0.717) is 6.61 Å². The van der Waals surface area contributed by atoms with Crippen LogP contribution in [0.5, 0.6) is 0 Å². The van der Waals surface area contributed by atoms with Crippen LogP contribution in [0.1, 0.15) is 58.4 Å². The van der Waals surface area contributed by atoms with Gasteiger partial charge in [-0.05, 0) is 36.0 Å². The first kappa shape index (κ1) is 15.4. The lowest BCUT2D eigenvalue weighted by molar-refractivity contribution is 0.0944. The van der Waals surface area contributed by atoms with E-state index in [1.807, 2.05) is 0 Å². The minimum Gasteiger partial charge on any atom is -0.396 e. The summed E-state index contributed by atoms with van der Waals surface area (Å²) in [7, 11) is 0. The topological polar surface area (TPSA) is 32.3 Å². The quantitative estimate of drug-likeness (QED) is 0.856. The van der Waals surface area contributed by atoms with Crippen molar-refractivity contribution in [2.24, 2.45) is 5.41 Å². The van der Waals surface area contributed by atoms with Crippen LogP contribution in [0.2, 0.25) is 0 Å². The minimum atomic E-state index is 0.0982. The molecule has 0 aromatic heterocycles. The monoisotopic (exact) mass is 275 g/mol. The van der Waals surface area contributed by atoms with Gasteiger partial charge in [-0.15, -0.1) is 0 Å². The molecule has 1 aliphatic carbocycles. The summed E-state index contributed by atoms with van der Waals surface area (Å²) in [6.45, 7) is 7.90. The number of hydrogen-bond acceptors (Lipinski definition) is 2. The van der Waals surface area contributed by atoms with Crippen LogP contribution in [0, 0.1) is 5.41 Å². The molecule has 2 heteroatoms. The van der Waals surface area contributed by atoms with Gasteiger partial charge in [-0.25, -0.2) is 0 Å². The molecule has 1 aromatic rings. The minimum absolute atomic E-state index is 0.0982. The van der Waals surface area contributed by atoms with Crippen molar-refractivity contribution in [1.82, 2.24) is 0 Å². The Morgan fingerprint density at radius 2 is 1.65 bits per heavy atom. The van der Waals surface area contributed by atoms with Gasteiger partial charge < -0.3 is 10.4 Å². The highest BCUT2D eigenvalue weighted by atomic mass is 16.3. The molecule has 2 N–H and O–H groups in total. The van der Waals surface area contributed by atoms with Crippen LogP contribution in [-0.2, 0) is 5.41 Å². The zero-order valence-corrected chi connectivity index (χ0v) is 13.2. The molecule has 112 valence electrons. The smallest absolute Gasteiger partial charge is 0.0504 e. The number of aliphatic hydroxyl groups is 1. The van der Waals surface area contributed by atoms with Gasteiger partial charge in [0.15, 0.2) is 0 Å². The van der Waals surface area contributed by atoms with E-state index in [4.69, 9.17) is 0 Å². The largest absolute Gasteiger partial charge is 0.396 e. The van der Waals surface area contributed by atoms with E-state index in [9.17, 15) is 5.11 Å². The van der Waals surface area contributed by atoms with Crippen LogP contribution in [0.15, 0.2) is 24.3 Å². The standard InChI is InChI=1S/C18H29NO/c1-17(2,3)15-7-9-16(10-8-15)19-13-18(14-20)11-5-4-6-12-18/h7-10,19-20H,4-6,11-14H2,1-3H3. The van der Waals surface area contributed by atoms with E-state index in [-0.39, 0.29) is 10.8 Å². The molecule has 0 saturated heterocycles. The maximum Gasteiger partial charge on any atom is 0.0504 e. The maximum atomic E-state index is 9.73. The van der Waals surface area contributed by atoms with Gasteiger partial charge >= 0.3 is 0 Å². The molecule has 1 aliphatic rings. The van der Waals surface area contributed by atoms with E-state index in [1.165, 1.54) is 24.8 Å². The Kier molecular flexibility index (Phi) is 4.74. The molecule has 2 nitrogen and oxygen atoms in total. The second-order valence-corrected chi connectivity index (χ2v) is 7.40. The normalized spacial score (nSPS) is 18.8. The summed E-state index contributed by atoms with van der Waals surface area (Å²) in [6, 6.07) is 8.73. The summed E-state index contributed by atoms with van der Waals surface area (Å²) >= 11 is 0. The molecule has 1 aromatic carbocycles. The average molecular weight is 275 g/mol. The van der Waals surface area contributed by atoms with Gasteiger partial charge in [0.2, 0.25) is 0 Å². The summed E-state index contributed by atoms with van der Waals surface area (Å²) in [5, 5.41) is 13.3. The lowest BCUT2D eigenvalue weighted by Crippen LogP contribution is -2.35. The number of hydrogen-bond donors (Lipinski definition) is 2. The second-order valence-electron chi connectivity index (χ2n) is 7.40. The van der Waals surface area contributed by atoms with Crippen molar-refractivity contribution < 1.29 is 5.11 Å². The number of benzene rings is 1. The van der Waals surface area contributed by atoms with E-state index in [1.54, 1.807) is 0 Å². The molecule has 0 heterocycles. The Labute approximate surface area is 123 Å². The Morgan fingerprint density at radius 3 is 2.15 bits per heavy atom. The third-order valence-electron chi connectivity index (χ3n) is 4.67. The zero-order chi connectivity index (χ0) is 14.6. The van der Waals surface area contributed by atoms with Crippen molar-refractivity contribution in [2.45, 2.75) is 58.3 Å². The van der Waals surface area contributed by atoms with Gasteiger partial charge in [0.1, 0.15) is 0 Å². The summed E-state index contributed by atoms with van der Waals surface area (Å²) in [5.41, 5.74) is 2.82. The van der Waals surface area contributed by atoms with E-state index in [2.05, 4.69) is 50.4 Å². The highest BCUT2D eigenvalue weighted by molar-refractivity contribution is 5.46. The summed E-state index contributed by atoms with van der Waals surface area (Å²) in [4.78, 5) is 0. The molecule has 1 saturated carbocycles. The Hall–Kier alpha value is -1.02. The molecule has 0 amide bonds. The van der Waals surface area contributed by atoms with Gasteiger partial charge in [-0.3, -0.25) is 0 Å². The van der Waals surface area contributed by atoms with Gasteiger partial charge in [-0.1, -0.05) is 52.2 Å². The van der Waals surface area contributed by atoms with Crippen LogP contribution in [0.25, 0.3) is 0 Å². The fourth-order valence-electron chi connectivity index (χ4n) is 3.07. The first-order valence-electron chi connectivity index (χ1n) is 7.91. The molecule has 0 aliphatic heterocycles. The highest BCUT2D eigenvalue weighted by Gasteiger charge is 2.31. The first-order chi connectivity index (χ1) is 9.45. The van der Waals surface area contributed by atoms with Crippen molar-refractivity contribution >= 4 is 5.69 Å². The Balaban J connectivity index is 1.96. The van der Waals surface area contributed by atoms with E-state index >= 15 is 0 Å². The molecule has 0 spiro atoms. The SMILES string of the molecule is CC(C)(C)c1ccc(NCC2(CO)CCCCC2)cc1. The lowest BCUT2D eigenvalue weighted by Gasteiger charge is -2.36. The Bertz CT molecular complexity index is 410. The first-order valence-corrected chi connectivity index (χ1v) is 7.91. The molecule has 20 heavy (non-hydrogen) atoms. The maximum absolute atomic E-state index is 9.73. The predicted octanol–water partition coefficient (Wildman–Crippen LogP) is 4.34. The zero-order valence-electron chi connectivity index (χ0n) is 13.2. The number of anilines is 1. The summed E-state index contributed by atoms with van der Waals surface area (Å²) in [6.07, 6.45) is 6.13. The number of rotatable bonds is 4. The van der Waals surface area contributed by atoms with Gasteiger partial charge in [-0.2, -0.15) is 0 Å². The Morgan fingerprint density at radius 1 is 1.05 bits per heavy atom. The predicted molar refractivity (Wildman–Crippen MR) is 86.2 cm³/mol. The molecule has 0 unspecified atom stereocenters. The van der Waals surface area contributed by atoms with Crippen LogP contribution in [-0.4, -0.2) is 18.3 Å². The fraction of sp³-hybridized carbons (Fsp3) is 0.667. The van der Waals surface area contributed by atoms with Crippen molar-refractivity contribution in [3.05, 3.63) is 29.8 Å². The number of aliphatic hydroxyl groups excluding tert-OH is 1. The second kappa shape index (κ2) is 6.17. The highest BCUT2D eigenvalue weighted by Crippen LogP contribution is 2.36. The summed E-state index contributed by atoms with van der Waals surface area (Å²) in [5.74, 6) is 0. The van der Waals surface area contributed by atoms with Crippen LogP contribution in [0.3, 0.4) is 0 Å². The third-order valence-corrected chi connectivity index (χ3v) is 4.67. The average Bonchev–Trinajstić information content (AvgIpc) is 2.46. The molecule has 2 rings (SSSR count). The van der Waals surface area contributed by atoms with Crippen molar-refractivity contribution in [3.63, 3.8) is 0 Å². The van der Waals surface area contributed by atoms with E-state index < -0.39 is 0 Å². The van der Waals surface area contributed by atoms with Gasteiger partial charge in [0.25, 0.3) is 0 Å². The third kappa shape index (κ3) is 3.76. The molecule has 1 fully saturated rings. The van der Waals surface area contributed by atoms with Crippen molar-refractivity contribution in [1.29, 1.82) is 0 Å². The van der Waals surface area contributed by atoms with Crippen molar-refractivity contribution in [3.8, 4) is 0 Å². The lowest BCUT2D eigenvalue weighted by atomic mass is 9.74. The van der Waals surface area contributed by atoms with Crippen LogP contribution in [0.4, 0.5) is 5.69 Å². The summed E-state index contributed by atoms with van der Waals surface area (Å²) < 4.78 is 0. The van der Waals surface area contributed by atoms with Crippen molar-refractivity contribution in [2.75, 3.05) is 18.5 Å².